The Bertz CT molecular complexity index is 308. The van der Waals surface area contributed by atoms with E-state index < -0.39 is 23.7 Å². The van der Waals surface area contributed by atoms with Crippen molar-refractivity contribution in [3.05, 3.63) is 0 Å². The summed E-state index contributed by atoms with van der Waals surface area (Å²) in [4.78, 5) is 24.3. The number of carbonyl (C=O) groups is 2. The molecule has 0 unspecified atom stereocenters. The topological polar surface area (TPSA) is 66.8 Å². The van der Waals surface area contributed by atoms with Crippen molar-refractivity contribution >= 4 is 12.1 Å². The molecule has 2 atom stereocenters. The summed E-state index contributed by atoms with van der Waals surface area (Å²) >= 11 is 0. The highest BCUT2D eigenvalue weighted by Gasteiger charge is 2.36. The highest BCUT2D eigenvalue weighted by Crippen LogP contribution is 2.24. The average Bonchev–Trinajstić information content (AvgIpc) is 2.14. The molecule has 5 heteroatoms. The summed E-state index contributed by atoms with van der Waals surface area (Å²) in [5, 5.41) is 9.12. The molecule has 1 rings (SSSR count). The van der Waals surface area contributed by atoms with Crippen LogP contribution in [0.5, 0.6) is 0 Å². The molecule has 1 saturated heterocycles. The first-order valence-corrected chi connectivity index (χ1v) is 5.93. The summed E-state index contributed by atoms with van der Waals surface area (Å²) in [7, 11) is 0. The SMILES string of the molecule is C[C@@H]1CCN(C(=O)OC(C)(C)C)[C@@H](C(=O)O)C1. The normalized spacial score (nSPS) is 25.5. The second-order valence-corrected chi connectivity index (χ2v) is 5.66. The number of nitrogens with zero attached hydrogens (tertiary/aromatic N) is 1. The zero-order valence-electron chi connectivity index (χ0n) is 10.9. The molecule has 1 aliphatic heterocycles. The van der Waals surface area contributed by atoms with E-state index in [0.717, 1.165) is 6.42 Å². The molecule has 0 spiro atoms. The van der Waals surface area contributed by atoms with Crippen molar-refractivity contribution in [1.29, 1.82) is 0 Å². The lowest BCUT2D eigenvalue weighted by molar-refractivity contribution is -0.145. The van der Waals surface area contributed by atoms with Crippen LogP contribution in [0.2, 0.25) is 0 Å². The van der Waals surface area contributed by atoms with Crippen LogP contribution in [-0.2, 0) is 9.53 Å². The Morgan fingerprint density at radius 1 is 1.35 bits per heavy atom. The largest absolute Gasteiger partial charge is 0.480 e. The molecule has 0 saturated carbocycles. The second kappa shape index (κ2) is 4.94. The number of amides is 1. The molecule has 0 aromatic heterocycles. The molecule has 1 fully saturated rings. The number of aliphatic carboxylic acids is 1. The van der Waals surface area contributed by atoms with Crippen molar-refractivity contribution in [2.45, 2.75) is 52.2 Å². The van der Waals surface area contributed by atoms with Crippen LogP contribution in [0.15, 0.2) is 0 Å². The molecule has 98 valence electrons. The maximum Gasteiger partial charge on any atom is 0.411 e. The molecule has 1 aliphatic rings. The Morgan fingerprint density at radius 3 is 2.41 bits per heavy atom. The van der Waals surface area contributed by atoms with Gasteiger partial charge in [-0.15, -0.1) is 0 Å². The third-order valence-corrected chi connectivity index (χ3v) is 2.78. The summed E-state index contributed by atoms with van der Waals surface area (Å²) in [6, 6.07) is -0.756. The van der Waals surface area contributed by atoms with Crippen LogP contribution in [0.4, 0.5) is 4.79 Å². The Kier molecular flexibility index (Phi) is 4.01. The summed E-state index contributed by atoms with van der Waals surface area (Å²) in [5.41, 5.74) is -0.594. The minimum atomic E-state index is -0.956. The van der Waals surface area contributed by atoms with Gasteiger partial charge in [0, 0.05) is 6.54 Å². The van der Waals surface area contributed by atoms with E-state index in [2.05, 4.69) is 0 Å². The quantitative estimate of drug-likeness (QED) is 0.766. The molecule has 0 aromatic carbocycles. The molecule has 1 N–H and O–H groups in total. The summed E-state index contributed by atoms with van der Waals surface area (Å²) in [6.45, 7) is 7.77. The number of carboxylic acid groups (broad SMARTS) is 1. The monoisotopic (exact) mass is 243 g/mol. The van der Waals surface area contributed by atoms with Crippen LogP contribution < -0.4 is 0 Å². The van der Waals surface area contributed by atoms with Gasteiger partial charge in [-0.1, -0.05) is 6.92 Å². The van der Waals surface area contributed by atoms with Gasteiger partial charge in [-0.05, 0) is 39.5 Å². The van der Waals surface area contributed by atoms with Crippen molar-refractivity contribution in [2.24, 2.45) is 5.92 Å². The standard InChI is InChI=1S/C12H21NO4/c1-8-5-6-13(9(7-8)10(14)15)11(16)17-12(2,3)4/h8-9H,5-7H2,1-4H3,(H,14,15)/t8-,9-/m1/s1. The van der Waals surface area contributed by atoms with E-state index in [9.17, 15) is 9.59 Å². The molecule has 1 heterocycles. The highest BCUT2D eigenvalue weighted by atomic mass is 16.6. The number of hydrogen-bond acceptors (Lipinski definition) is 3. The van der Waals surface area contributed by atoms with Crippen LogP contribution in [0.25, 0.3) is 0 Å². The van der Waals surface area contributed by atoms with E-state index in [1.165, 1.54) is 4.90 Å². The van der Waals surface area contributed by atoms with Crippen LogP contribution >= 0.6 is 0 Å². The van der Waals surface area contributed by atoms with Gasteiger partial charge in [-0.3, -0.25) is 4.90 Å². The molecule has 0 aliphatic carbocycles. The van der Waals surface area contributed by atoms with Gasteiger partial charge >= 0.3 is 12.1 Å². The fraction of sp³-hybridized carbons (Fsp3) is 0.833. The molecule has 1 amide bonds. The second-order valence-electron chi connectivity index (χ2n) is 5.66. The molecular weight excluding hydrogens is 222 g/mol. The highest BCUT2D eigenvalue weighted by molar-refractivity contribution is 5.80. The molecular formula is C12H21NO4. The summed E-state index contributed by atoms with van der Waals surface area (Å²) in [6.07, 6.45) is 0.786. The van der Waals surface area contributed by atoms with E-state index in [0.29, 0.717) is 18.9 Å². The lowest BCUT2D eigenvalue weighted by Crippen LogP contribution is -2.51. The van der Waals surface area contributed by atoms with Gasteiger partial charge < -0.3 is 9.84 Å². The van der Waals surface area contributed by atoms with Crippen LogP contribution in [0.3, 0.4) is 0 Å². The van der Waals surface area contributed by atoms with Crippen LogP contribution in [-0.4, -0.2) is 40.3 Å². The number of rotatable bonds is 1. The number of carbonyl (C=O) groups excluding carboxylic acids is 1. The fourth-order valence-electron chi connectivity index (χ4n) is 1.91. The first kappa shape index (κ1) is 13.8. The third-order valence-electron chi connectivity index (χ3n) is 2.78. The number of piperidine rings is 1. The van der Waals surface area contributed by atoms with Crippen LogP contribution in [0, 0.1) is 5.92 Å². The van der Waals surface area contributed by atoms with Crippen molar-refractivity contribution in [2.75, 3.05) is 6.54 Å². The first-order chi connectivity index (χ1) is 7.70. The van der Waals surface area contributed by atoms with Gasteiger partial charge in [0.2, 0.25) is 0 Å². The minimum absolute atomic E-state index is 0.329. The number of carboxylic acids is 1. The van der Waals surface area contributed by atoms with Crippen molar-refractivity contribution in [3.63, 3.8) is 0 Å². The molecule has 0 bridgehead atoms. The predicted octanol–water partition coefficient (Wildman–Crippen LogP) is 2.11. The summed E-state index contributed by atoms with van der Waals surface area (Å²) in [5.74, 6) is -0.628. The third kappa shape index (κ3) is 3.91. The zero-order chi connectivity index (χ0) is 13.2. The minimum Gasteiger partial charge on any atom is -0.480 e. The van der Waals surface area contributed by atoms with Crippen molar-refractivity contribution < 1.29 is 19.4 Å². The van der Waals surface area contributed by atoms with Gasteiger partial charge in [0.1, 0.15) is 11.6 Å². The van der Waals surface area contributed by atoms with E-state index in [1.54, 1.807) is 20.8 Å². The first-order valence-electron chi connectivity index (χ1n) is 5.93. The summed E-state index contributed by atoms with van der Waals surface area (Å²) < 4.78 is 5.22. The Balaban J connectivity index is 2.73. The van der Waals surface area contributed by atoms with Crippen molar-refractivity contribution in [1.82, 2.24) is 4.90 Å². The number of ether oxygens (including phenoxy) is 1. The van der Waals surface area contributed by atoms with E-state index >= 15 is 0 Å². The van der Waals surface area contributed by atoms with E-state index in [4.69, 9.17) is 9.84 Å². The fourth-order valence-corrected chi connectivity index (χ4v) is 1.91. The Hall–Kier alpha value is -1.26. The number of hydrogen-bond donors (Lipinski definition) is 1. The lowest BCUT2D eigenvalue weighted by Gasteiger charge is -2.36. The molecule has 0 aromatic rings. The van der Waals surface area contributed by atoms with Gasteiger partial charge in [-0.2, -0.15) is 0 Å². The smallest absolute Gasteiger partial charge is 0.411 e. The predicted molar refractivity (Wildman–Crippen MR) is 62.8 cm³/mol. The molecule has 5 nitrogen and oxygen atoms in total. The number of likely N-dealkylation sites (tertiary alicyclic amines) is 1. The average molecular weight is 243 g/mol. The van der Waals surface area contributed by atoms with Crippen LogP contribution in [0.1, 0.15) is 40.5 Å². The maximum atomic E-state index is 11.9. The Labute approximate surface area is 102 Å². The van der Waals surface area contributed by atoms with Gasteiger partial charge in [-0.25, -0.2) is 9.59 Å². The lowest BCUT2D eigenvalue weighted by atomic mass is 9.93. The van der Waals surface area contributed by atoms with Gasteiger partial charge in [0.25, 0.3) is 0 Å². The zero-order valence-corrected chi connectivity index (χ0v) is 10.9. The molecule has 17 heavy (non-hydrogen) atoms. The van der Waals surface area contributed by atoms with Gasteiger partial charge in [0.15, 0.2) is 0 Å². The molecule has 0 radical (unpaired) electrons. The van der Waals surface area contributed by atoms with E-state index in [-0.39, 0.29) is 0 Å². The van der Waals surface area contributed by atoms with E-state index in [1.807, 2.05) is 6.92 Å². The van der Waals surface area contributed by atoms with Crippen molar-refractivity contribution in [3.8, 4) is 0 Å². The maximum absolute atomic E-state index is 11.9. The Morgan fingerprint density at radius 2 is 1.94 bits per heavy atom. The van der Waals surface area contributed by atoms with Gasteiger partial charge in [0.05, 0.1) is 0 Å².